The number of nitriles is 1. The van der Waals surface area contributed by atoms with Gasteiger partial charge in [0.25, 0.3) is 0 Å². The number of amides is 1. The summed E-state index contributed by atoms with van der Waals surface area (Å²) in [5.41, 5.74) is -1.06. The topological polar surface area (TPSA) is 83.6 Å². The van der Waals surface area contributed by atoms with E-state index in [0.29, 0.717) is 5.95 Å². The van der Waals surface area contributed by atoms with Crippen LogP contribution in [0.5, 0.6) is 0 Å². The molecule has 1 aromatic heterocycles. The van der Waals surface area contributed by atoms with Crippen molar-refractivity contribution in [3.8, 4) is 6.07 Å². The summed E-state index contributed by atoms with van der Waals surface area (Å²) in [7, 11) is 1.65. The average Bonchev–Trinajstić information content (AvgIpc) is 2.52. The summed E-state index contributed by atoms with van der Waals surface area (Å²) in [6, 6.07) is 1.90. The van der Waals surface area contributed by atoms with Crippen molar-refractivity contribution < 1.29 is 4.79 Å². The molecular formula is C8H11N5O. The van der Waals surface area contributed by atoms with Crippen LogP contribution in [0.4, 0.5) is 5.95 Å². The molecule has 0 saturated heterocycles. The second-order valence-electron chi connectivity index (χ2n) is 3.40. The van der Waals surface area contributed by atoms with Crippen molar-refractivity contribution in [3.05, 3.63) is 6.33 Å². The second-order valence-corrected chi connectivity index (χ2v) is 3.40. The van der Waals surface area contributed by atoms with E-state index in [1.54, 1.807) is 20.9 Å². The lowest BCUT2D eigenvalue weighted by atomic mass is 9.95. The van der Waals surface area contributed by atoms with E-state index < -0.39 is 11.3 Å². The SMILES string of the molecule is Cn1ncnc1NC(=O)C(C)(C)C#N. The number of carbonyl (C=O) groups is 1. The maximum atomic E-state index is 11.5. The minimum Gasteiger partial charge on any atom is -0.293 e. The van der Waals surface area contributed by atoms with Gasteiger partial charge in [0.05, 0.1) is 6.07 Å². The first kappa shape index (κ1) is 10.2. The number of nitrogens with one attached hydrogen (secondary N) is 1. The Labute approximate surface area is 81.6 Å². The van der Waals surface area contributed by atoms with Gasteiger partial charge in [0.1, 0.15) is 11.7 Å². The fraction of sp³-hybridized carbons (Fsp3) is 0.500. The minimum atomic E-state index is -1.06. The monoisotopic (exact) mass is 193 g/mol. The summed E-state index contributed by atoms with van der Waals surface area (Å²) in [4.78, 5) is 15.3. The smallest absolute Gasteiger partial charge is 0.246 e. The van der Waals surface area contributed by atoms with Crippen LogP contribution in [-0.2, 0) is 11.8 Å². The van der Waals surface area contributed by atoms with Gasteiger partial charge >= 0.3 is 0 Å². The molecule has 0 atom stereocenters. The molecule has 0 fully saturated rings. The van der Waals surface area contributed by atoms with E-state index in [2.05, 4.69) is 15.4 Å². The van der Waals surface area contributed by atoms with E-state index >= 15 is 0 Å². The molecule has 1 rings (SSSR count). The zero-order chi connectivity index (χ0) is 10.8. The molecule has 0 spiro atoms. The third kappa shape index (κ3) is 1.88. The van der Waals surface area contributed by atoms with Crippen LogP contribution in [0.25, 0.3) is 0 Å². The molecule has 0 aromatic carbocycles. The van der Waals surface area contributed by atoms with E-state index in [4.69, 9.17) is 5.26 Å². The van der Waals surface area contributed by atoms with Gasteiger partial charge in [0.15, 0.2) is 0 Å². The molecule has 74 valence electrons. The molecule has 1 amide bonds. The molecule has 1 aromatic rings. The van der Waals surface area contributed by atoms with Crippen LogP contribution in [0, 0.1) is 16.7 Å². The van der Waals surface area contributed by atoms with Crippen LogP contribution in [0.1, 0.15) is 13.8 Å². The first-order valence-corrected chi connectivity index (χ1v) is 4.04. The highest BCUT2D eigenvalue weighted by atomic mass is 16.2. The molecule has 6 heteroatoms. The minimum absolute atomic E-state index is 0.332. The molecule has 1 heterocycles. The second kappa shape index (κ2) is 3.46. The molecule has 0 bridgehead atoms. The Bertz CT molecular complexity index is 387. The molecule has 0 aliphatic heterocycles. The van der Waals surface area contributed by atoms with Gasteiger partial charge < -0.3 is 0 Å². The van der Waals surface area contributed by atoms with E-state index in [9.17, 15) is 4.79 Å². The summed E-state index contributed by atoms with van der Waals surface area (Å²) in [6.07, 6.45) is 1.33. The van der Waals surface area contributed by atoms with Crippen LogP contribution in [0.2, 0.25) is 0 Å². The highest BCUT2D eigenvalue weighted by Gasteiger charge is 2.28. The first-order valence-electron chi connectivity index (χ1n) is 4.04. The number of rotatable bonds is 2. The predicted octanol–water partition coefficient (Wildman–Crippen LogP) is 0.303. The third-order valence-corrected chi connectivity index (χ3v) is 1.78. The van der Waals surface area contributed by atoms with E-state index in [-0.39, 0.29) is 0 Å². The quantitative estimate of drug-likeness (QED) is 0.732. The normalized spacial score (nSPS) is 10.7. The number of aryl methyl sites for hydroxylation is 1. The number of carbonyl (C=O) groups excluding carboxylic acids is 1. The number of nitrogens with zero attached hydrogens (tertiary/aromatic N) is 4. The molecule has 0 aliphatic carbocycles. The summed E-state index contributed by atoms with van der Waals surface area (Å²) in [6.45, 7) is 3.08. The molecule has 0 saturated carbocycles. The zero-order valence-corrected chi connectivity index (χ0v) is 8.27. The summed E-state index contributed by atoms with van der Waals surface area (Å²) in [5.74, 6) is -0.0607. The Kier molecular flexibility index (Phi) is 2.51. The molecule has 1 N–H and O–H groups in total. The van der Waals surface area contributed by atoms with Crippen molar-refractivity contribution >= 4 is 11.9 Å². The predicted molar refractivity (Wildman–Crippen MR) is 49.0 cm³/mol. The Hall–Kier alpha value is -1.90. The van der Waals surface area contributed by atoms with Gasteiger partial charge in [-0.1, -0.05) is 0 Å². The van der Waals surface area contributed by atoms with Crippen molar-refractivity contribution in [2.75, 3.05) is 5.32 Å². The maximum absolute atomic E-state index is 11.5. The molecular weight excluding hydrogens is 182 g/mol. The van der Waals surface area contributed by atoms with Gasteiger partial charge in [-0.2, -0.15) is 15.3 Å². The van der Waals surface area contributed by atoms with Crippen LogP contribution in [0.15, 0.2) is 6.33 Å². The van der Waals surface area contributed by atoms with Gasteiger partial charge in [-0.25, -0.2) is 4.68 Å². The Balaban J connectivity index is 2.78. The average molecular weight is 193 g/mol. The van der Waals surface area contributed by atoms with Crippen molar-refractivity contribution in [3.63, 3.8) is 0 Å². The number of aromatic nitrogens is 3. The lowest BCUT2D eigenvalue weighted by Gasteiger charge is -2.13. The van der Waals surface area contributed by atoms with E-state index in [0.717, 1.165) is 0 Å². The van der Waals surface area contributed by atoms with Crippen molar-refractivity contribution in [2.24, 2.45) is 12.5 Å². The fourth-order valence-electron chi connectivity index (χ4n) is 0.718. The highest BCUT2D eigenvalue weighted by molar-refractivity contribution is 5.95. The fourth-order valence-corrected chi connectivity index (χ4v) is 0.718. The lowest BCUT2D eigenvalue weighted by molar-refractivity contribution is -0.121. The Morgan fingerprint density at radius 2 is 2.36 bits per heavy atom. The van der Waals surface area contributed by atoms with Gasteiger partial charge in [-0.3, -0.25) is 10.1 Å². The molecule has 6 nitrogen and oxygen atoms in total. The Morgan fingerprint density at radius 1 is 1.71 bits per heavy atom. The number of hydrogen-bond acceptors (Lipinski definition) is 4. The maximum Gasteiger partial charge on any atom is 0.246 e. The molecule has 0 aliphatic rings. The zero-order valence-electron chi connectivity index (χ0n) is 8.27. The van der Waals surface area contributed by atoms with Crippen LogP contribution in [-0.4, -0.2) is 20.7 Å². The van der Waals surface area contributed by atoms with E-state index in [1.165, 1.54) is 11.0 Å². The standard InChI is InChI=1S/C8H11N5O/c1-8(2,4-9)6(14)12-7-10-5-11-13(7)3/h5H,1-3H3,(H,10,11,12,14). The van der Waals surface area contributed by atoms with Crippen molar-refractivity contribution in [1.82, 2.24) is 14.8 Å². The third-order valence-electron chi connectivity index (χ3n) is 1.78. The van der Waals surface area contributed by atoms with Crippen molar-refractivity contribution in [1.29, 1.82) is 5.26 Å². The van der Waals surface area contributed by atoms with Crippen LogP contribution >= 0.6 is 0 Å². The number of anilines is 1. The van der Waals surface area contributed by atoms with E-state index in [1.807, 2.05) is 6.07 Å². The van der Waals surface area contributed by atoms with Gasteiger partial charge in [-0.05, 0) is 13.8 Å². The number of hydrogen-bond donors (Lipinski definition) is 1. The van der Waals surface area contributed by atoms with Crippen LogP contribution in [0.3, 0.4) is 0 Å². The summed E-state index contributed by atoms with van der Waals surface area (Å²) >= 11 is 0. The highest BCUT2D eigenvalue weighted by Crippen LogP contribution is 2.15. The summed E-state index contributed by atoms with van der Waals surface area (Å²) < 4.78 is 1.42. The van der Waals surface area contributed by atoms with Gasteiger partial charge in [-0.15, -0.1) is 0 Å². The molecule has 14 heavy (non-hydrogen) atoms. The summed E-state index contributed by atoms with van der Waals surface area (Å²) in [5, 5.41) is 15.0. The largest absolute Gasteiger partial charge is 0.293 e. The van der Waals surface area contributed by atoms with Gasteiger partial charge in [0.2, 0.25) is 11.9 Å². The molecule has 0 radical (unpaired) electrons. The van der Waals surface area contributed by atoms with Crippen molar-refractivity contribution in [2.45, 2.75) is 13.8 Å². The molecule has 0 unspecified atom stereocenters. The Morgan fingerprint density at radius 3 is 2.79 bits per heavy atom. The van der Waals surface area contributed by atoms with Crippen LogP contribution < -0.4 is 5.32 Å². The lowest BCUT2D eigenvalue weighted by Crippen LogP contribution is -2.30. The van der Waals surface area contributed by atoms with Gasteiger partial charge in [0, 0.05) is 7.05 Å². The first-order chi connectivity index (χ1) is 6.47.